The van der Waals surface area contributed by atoms with E-state index in [-0.39, 0.29) is 5.91 Å². The third-order valence-electron chi connectivity index (χ3n) is 2.86. The number of carbonyl (C=O) groups is 1. The number of carbonyl (C=O) groups excluding carboxylic acids is 1. The van der Waals surface area contributed by atoms with Crippen molar-refractivity contribution in [3.05, 3.63) is 46.7 Å². The normalized spacial score (nSPS) is 11.5. The second kappa shape index (κ2) is 6.11. The van der Waals surface area contributed by atoms with Gasteiger partial charge in [0.25, 0.3) is 0 Å². The lowest BCUT2D eigenvalue weighted by Crippen LogP contribution is -2.23. The molecular formula is C13H12ClN5OS. The lowest BCUT2D eigenvalue weighted by atomic mass is 10.3. The van der Waals surface area contributed by atoms with Gasteiger partial charge in [0.2, 0.25) is 5.91 Å². The number of hydrogen-bond donors (Lipinski definition) is 2. The van der Waals surface area contributed by atoms with Crippen LogP contribution in [0.4, 0.5) is 0 Å². The molecular weight excluding hydrogens is 310 g/mol. The largest absolute Gasteiger partial charge is 0.352 e. The molecule has 0 aliphatic carbocycles. The van der Waals surface area contributed by atoms with Gasteiger partial charge in [-0.05, 0) is 6.08 Å². The fourth-order valence-corrected chi connectivity index (χ4v) is 2.88. The summed E-state index contributed by atoms with van der Waals surface area (Å²) in [7, 11) is 0. The van der Waals surface area contributed by atoms with Gasteiger partial charge < -0.3 is 10.3 Å². The Labute approximate surface area is 129 Å². The van der Waals surface area contributed by atoms with E-state index in [4.69, 9.17) is 11.6 Å². The highest BCUT2D eigenvalue weighted by Crippen LogP contribution is 2.22. The summed E-state index contributed by atoms with van der Waals surface area (Å²) in [6.07, 6.45) is 9.09. The highest BCUT2D eigenvalue weighted by Gasteiger charge is 2.08. The van der Waals surface area contributed by atoms with E-state index < -0.39 is 0 Å². The maximum atomic E-state index is 11.8. The molecule has 0 aliphatic rings. The van der Waals surface area contributed by atoms with Crippen molar-refractivity contribution in [2.45, 2.75) is 6.42 Å². The molecule has 0 radical (unpaired) electrons. The fraction of sp³-hybridized carbons (Fsp3) is 0.154. The van der Waals surface area contributed by atoms with E-state index in [1.165, 1.54) is 17.4 Å². The number of hydrogen-bond acceptors (Lipinski definition) is 4. The van der Waals surface area contributed by atoms with Gasteiger partial charge in [0.05, 0.1) is 5.69 Å². The summed E-state index contributed by atoms with van der Waals surface area (Å²) in [6, 6.07) is 0. The molecule has 3 heterocycles. The van der Waals surface area contributed by atoms with Crippen molar-refractivity contribution in [1.82, 2.24) is 24.7 Å². The first kappa shape index (κ1) is 13.8. The number of aromatic amines is 1. The summed E-state index contributed by atoms with van der Waals surface area (Å²) in [6.45, 7) is 0.519. The molecule has 0 saturated carbocycles. The van der Waals surface area contributed by atoms with E-state index >= 15 is 0 Å². The molecule has 3 aromatic heterocycles. The number of fused-ring (bicyclic) bond motifs is 1. The fourth-order valence-electron chi connectivity index (χ4n) is 1.88. The van der Waals surface area contributed by atoms with Crippen LogP contribution in [0.25, 0.3) is 11.0 Å². The highest BCUT2D eigenvalue weighted by molar-refractivity contribution is 7.15. The predicted molar refractivity (Wildman–Crippen MR) is 82.4 cm³/mol. The molecule has 0 fully saturated rings. The average Bonchev–Trinajstić information content (AvgIpc) is 3.15. The van der Waals surface area contributed by atoms with Gasteiger partial charge in [-0.3, -0.25) is 9.20 Å². The zero-order valence-corrected chi connectivity index (χ0v) is 12.5. The van der Waals surface area contributed by atoms with E-state index in [1.54, 1.807) is 18.5 Å². The number of imidazole rings is 2. The molecule has 0 spiro atoms. The molecule has 6 nitrogen and oxygen atoms in total. The zero-order chi connectivity index (χ0) is 14.7. The number of halogens is 1. The predicted octanol–water partition coefficient (Wildman–Crippen LogP) is 2.14. The number of rotatable bonds is 5. The monoisotopic (exact) mass is 321 g/mol. The molecule has 0 unspecified atom stereocenters. The summed E-state index contributed by atoms with van der Waals surface area (Å²) >= 11 is 7.54. The zero-order valence-electron chi connectivity index (χ0n) is 10.9. The molecule has 0 aromatic carbocycles. The Morgan fingerprint density at radius 2 is 2.48 bits per heavy atom. The Bertz CT molecular complexity index is 774. The molecule has 3 aromatic rings. The third-order valence-corrected chi connectivity index (χ3v) is 3.90. The maximum Gasteiger partial charge on any atom is 0.244 e. The number of nitrogens with zero attached hydrogens (tertiary/aromatic N) is 3. The van der Waals surface area contributed by atoms with Crippen molar-refractivity contribution >= 4 is 39.9 Å². The van der Waals surface area contributed by atoms with Crippen molar-refractivity contribution in [3.8, 4) is 0 Å². The number of thiazole rings is 1. The van der Waals surface area contributed by atoms with Crippen LogP contribution < -0.4 is 5.32 Å². The van der Waals surface area contributed by atoms with Crippen molar-refractivity contribution < 1.29 is 4.79 Å². The third kappa shape index (κ3) is 3.14. The van der Waals surface area contributed by atoms with Crippen LogP contribution in [0.3, 0.4) is 0 Å². The van der Waals surface area contributed by atoms with Crippen LogP contribution in [0.2, 0.25) is 5.15 Å². The lowest BCUT2D eigenvalue weighted by molar-refractivity contribution is -0.116. The number of nitrogens with one attached hydrogen (secondary N) is 2. The topological polar surface area (TPSA) is 75.1 Å². The highest BCUT2D eigenvalue weighted by atomic mass is 35.5. The first-order valence-corrected chi connectivity index (χ1v) is 7.55. The molecule has 21 heavy (non-hydrogen) atoms. The summed E-state index contributed by atoms with van der Waals surface area (Å²) in [5.74, 6) is 0.667. The minimum absolute atomic E-state index is 0.178. The van der Waals surface area contributed by atoms with Gasteiger partial charge in [-0.2, -0.15) is 0 Å². The van der Waals surface area contributed by atoms with Crippen LogP contribution >= 0.6 is 22.9 Å². The van der Waals surface area contributed by atoms with Crippen LogP contribution in [-0.2, 0) is 11.2 Å². The Hall–Kier alpha value is -2.12. The molecule has 108 valence electrons. The molecule has 0 saturated heterocycles. The van der Waals surface area contributed by atoms with E-state index in [1.807, 2.05) is 16.0 Å². The Balaban J connectivity index is 1.59. The van der Waals surface area contributed by atoms with Crippen LogP contribution in [0.1, 0.15) is 11.5 Å². The summed E-state index contributed by atoms with van der Waals surface area (Å²) in [4.78, 5) is 23.8. The second-order valence-corrected chi connectivity index (χ2v) is 5.48. The van der Waals surface area contributed by atoms with Crippen molar-refractivity contribution in [3.63, 3.8) is 0 Å². The van der Waals surface area contributed by atoms with E-state index in [0.717, 1.165) is 10.8 Å². The minimum Gasteiger partial charge on any atom is -0.352 e. The van der Waals surface area contributed by atoms with Gasteiger partial charge in [0.15, 0.2) is 10.1 Å². The van der Waals surface area contributed by atoms with Crippen LogP contribution in [0, 0.1) is 0 Å². The van der Waals surface area contributed by atoms with E-state index in [0.29, 0.717) is 23.8 Å². The van der Waals surface area contributed by atoms with Crippen LogP contribution in [-0.4, -0.2) is 31.8 Å². The molecule has 8 heteroatoms. The lowest BCUT2D eigenvalue weighted by Gasteiger charge is -1.99. The summed E-state index contributed by atoms with van der Waals surface area (Å²) < 4.78 is 1.85. The van der Waals surface area contributed by atoms with Crippen molar-refractivity contribution in [1.29, 1.82) is 0 Å². The number of H-pyrrole nitrogens is 1. The van der Waals surface area contributed by atoms with Crippen molar-refractivity contribution in [2.75, 3.05) is 6.54 Å². The molecule has 0 bridgehead atoms. The SMILES string of the molecule is O=C(/C=C/c1c(Cl)nc2sccn12)NCCc1ncc[nH]1. The van der Waals surface area contributed by atoms with Gasteiger partial charge in [-0.15, -0.1) is 11.3 Å². The summed E-state index contributed by atoms with van der Waals surface area (Å²) in [5, 5.41) is 5.10. The number of aromatic nitrogens is 4. The van der Waals surface area contributed by atoms with Gasteiger partial charge in [0, 0.05) is 43.0 Å². The first-order valence-electron chi connectivity index (χ1n) is 6.29. The molecule has 1 amide bonds. The van der Waals surface area contributed by atoms with Gasteiger partial charge in [0.1, 0.15) is 5.82 Å². The first-order chi connectivity index (χ1) is 10.2. The standard InChI is InChI=1S/C13H12ClN5OS/c14-12-9(19-7-8-21-13(19)18-12)1-2-11(20)17-4-3-10-15-5-6-16-10/h1-2,5-8H,3-4H2,(H,15,16)(H,17,20)/b2-1+. The molecule has 0 aliphatic heterocycles. The molecule has 0 atom stereocenters. The maximum absolute atomic E-state index is 11.8. The van der Waals surface area contributed by atoms with Gasteiger partial charge in [-0.25, -0.2) is 9.97 Å². The minimum atomic E-state index is -0.178. The van der Waals surface area contributed by atoms with E-state index in [2.05, 4.69) is 20.3 Å². The Kier molecular flexibility index (Phi) is 4.03. The van der Waals surface area contributed by atoms with Gasteiger partial charge in [-0.1, -0.05) is 11.6 Å². The second-order valence-electron chi connectivity index (χ2n) is 4.25. The van der Waals surface area contributed by atoms with Crippen LogP contribution in [0.15, 0.2) is 30.0 Å². The van der Waals surface area contributed by atoms with Crippen LogP contribution in [0.5, 0.6) is 0 Å². The number of amides is 1. The van der Waals surface area contributed by atoms with Crippen molar-refractivity contribution in [2.24, 2.45) is 0 Å². The van der Waals surface area contributed by atoms with Gasteiger partial charge >= 0.3 is 0 Å². The summed E-state index contributed by atoms with van der Waals surface area (Å²) in [5.41, 5.74) is 0.703. The smallest absolute Gasteiger partial charge is 0.244 e. The Morgan fingerprint density at radius 3 is 3.29 bits per heavy atom. The quantitative estimate of drug-likeness (QED) is 0.707. The molecule has 3 rings (SSSR count). The Morgan fingerprint density at radius 1 is 1.57 bits per heavy atom. The average molecular weight is 322 g/mol. The molecule has 2 N–H and O–H groups in total. The van der Waals surface area contributed by atoms with E-state index in [9.17, 15) is 4.79 Å².